The second kappa shape index (κ2) is 8.63. The van der Waals surface area contributed by atoms with Crippen molar-refractivity contribution >= 4 is 5.91 Å². The highest BCUT2D eigenvalue weighted by Gasteiger charge is 2.33. The molecule has 0 aromatic rings. The van der Waals surface area contributed by atoms with Gasteiger partial charge in [-0.15, -0.1) is 0 Å². The largest absolute Gasteiger partial charge is 0.332 e. The Balaban J connectivity index is 2.41. The Morgan fingerprint density at radius 3 is 2.30 bits per heavy atom. The molecule has 1 rings (SSSR count). The van der Waals surface area contributed by atoms with Crippen LogP contribution in [0.5, 0.6) is 0 Å². The van der Waals surface area contributed by atoms with Gasteiger partial charge in [0.25, 0.3) is 5.91 Å². The number of likely N-dealkylation sites (N-methyl/N-ethyl adjacent to an activating group) is 1. The molecule has 4 heteroatoms. The number of nitrogens with one attached hydrogen (secondary N) is 1. The zero-order valence-electron chi connectivity index (χ0n) is 14.1. The molecule has 0 radical (unpaired) electrons. The molecule has 3 atom stereocenters. The molecule has 0 aliphatic carbocycles. The molecule has 1 aliphatic heterocycles. The van der Waals surface area contributed by atoms with E-state index in [2.05, 4.69) is 44.8 Å². The van der Waals surface area contributed by atoms with Crippen LogP contribution in [0.4, 0.5) is 0 Å². The van der Waals surface area contributed by atoms with E-state index in [1.54, 1.807) is 4.90 Å². The maximum absolute atomic E-state index is 12.6. The van der Waals surface area contributed by atoms with E-state index in [4.69, 9.17) is 0 Å². The van der Waals surface area contributed by atoms with Crippen LogP contribution in [-0.2, 0) is 4.79 Å². The second-order valence-electron chi connectivity index (χ2n) is 6.39. The number of nitrogens with zero attached hydrogens (tertiary/aromatic N) is 1. The number of carbonyl (C=O) groups excluding carboxylic acids is 1. The molecule has 1 saturated heterocycles. The summed E-state index contributed by atoms with van der Waals surface area (Å²) in [5, 5.41) is 2.22. The average molecular weight is 285 g/mol. The highest BCUT2D eigenvalue weighted by Crippen LogP contribution is 2.22. The van der Waals surface area contributed by atoms with Crippen LogP contribution in [0, 0.1) is 0 Å². The van der Waals surface area contributed by atoms with Crippen molar-refractivity contribution in [1.29, 1.82) is 0 Å². The van der Waals surface area contributed by atoms with Gasteiger partial charge in [0.2, 0.25) is 0 Å². The summed E-state index contributed by atoms with van der Waals surface area (Å²) in [5.74, 6) is 0.333. The maximum atomic E-state index is 12.6. The minimum atomic E-state index is 0.0629. The van der Waals surface area contributed by atoms with Crippen LogP contribution in [0.2, 0.25) is 0 Å². The number of nitrogens with two attached hydrogens (primary N) is 1. The van der Waals surface area contributed by atoms with Crippen molar-refractivity contribution < 1.29 is 15.0 Å². The van der Waals surface area contributed by atoms with Crippen LogP contribution < -0.4 is 10.2 Å². The topological polar surface area (TPSA) is 41.4 Å². The monoisotopic (exact) mass is 285 g/mol. The Labute approximate surface area is 124 Å². The lowest BCUT2D eigenvalue weighted by Crippen LogP contribution is -3.14. The van der Waals surface area contributed by atoms with Crippen molar-refractivity contribution in [2.24, 2.45) is 0 Å². The molecule has 0 aromatic heterocycles. The smallest absolute Gasteiger partial charge is 0.280 e. The summed E-state index contributed by atoms with van der Waals surface area (Å²) < 4.78 is 0. The molecule has 0 bridgehead atoms. The fourth-order valence-electron chi connectivity index (χ4n) is 3.33. The van der Waals surface area contributed by atoms with Gasteiger partial charge in [0.05, 0.1) is 13.1 Å². The quantitative estimate of drug-likeness (QED) is 0.660. The first-order valence-corrected chi connectivity index (χ1v) is 8.50. The van der Waals surface area contributed by atoms with Crippen LogP contribution in [0.3, 0.4) is 0 Å². The fourth-order valence-corrected chi connectivity index (χ4v) is 3.33. The molecule has 0 spiro atoms. The number of quaternary nitrogens is 2. The SMILES string of the molecule is CC[NH+](CC)CC[NH2+][C@H](C)C(=O)N1[C@@H](C)CCC[C@@H]1C. The van der Waals surface area contributed by atoms with E-state index in [9.17, 15) is 4.79 Å². The first-order chi connectivity index (χ1) is 9.51. The van der Waals surface area contributed by atoms with E-state index in [1.165, 1.54) is 19.5 Å². The normalized spacial score (nSPS) is 25.0. The third-order valence-electron chi connectivity index (χ3n) is 4.86. The van der Waals surface area contributed by atoms with Gasteiger partial charge in [-0.05, 0) is 53.9 Å². The zero-order valence-corrected chi connectivity index (χ0v) is 14.1. The number of rotatable bonds is 7. The molecule has 4 nitrogen and oxygen atoms in total. The van der Waals surface area contributed by atoms with E-state index in [0.717, 1.165) is 25.9 Å². The van der Waals surface area contributed by atoms with Gasteiger partial charge in [0.1, 0.15) is 13.1 Å². The molecular weight excluding hydrogens is 250 g/mol. The summed E-state index contributed by atoms with van der Waals surface area (Å²) in [5.41, 5.74) is 0. The summed E-state index contributed by atoms with van der Waals surface area (Å²) in [6, 6.07) is 0.888. The number of amides is 1. The van der Waals surface area contributed by atoms with E-state index < -0.39 is 0 Å². The Hall–Kier alpha value is -0.610. The summed E-state index contributed by atoms with van der Waals surface area (Å²) in [4.78, 5) is 16.4. The van der Waals surface area contributed by atoms with Crippen molar-refractivity contribution in [1.82, 2.24) is 4.90 Å². The lowest BCUT2D eigenvalue weighted by Gasteiger charge is -2.39. The third-order valence-corrected chi connectivity index (χ3v) is 4.86. The zero-order chi connectivity index (χ0) is 15.1. The Morgan fingerprint density at radius 1 is 1.25 bits per heavy atom. The van der Waals surface area contributed by atoms with Crippen molar-refractivity contribution in [2.45, 2.75) is 72.0 Å². The molecular formula is C16H35N3O+2. The molecule has 118 valence electrons. The van der Waals surface area contributed by atoms with Gasteiger partial charge in [-0.3, -0.25) is 4.79 Å². The molecule has 1 aliphatic rings. The molecule has 1 amide bonds. The lowest BCUT2D eigenvalue weighted by atomic mass is 9.96. The van der Waals surface area contributed by atoms with Crippen LogP contribution in [-0.4, -0.2) is 55.1 Å². The van der Waals surface area contributed by atoms with Crippen LogP contribution >= 0.6 is 0 Å². The summed E-state index contributed by atoms with van der Waals surface area (Å²) in [6.45, 7) is 15.4. The van der Waals surface area contributed by atoms with Crippen LogP contribution in [0.15, 0.2) is 0 Å². The molecule has 0 saturated carbocycles. The van der Waals surface area contributed by atoms with Gasteiger partial charge in [-0.25, -0.2) is 0 Å². The summed E-state index contributed by atoms with van der Waals surface area (Å²) in [6.07, 6.45) is 3.58. The second-order valence-corrected chi connectivity index (χ2v) is 6.39. The molecule has 1 fully saturated rings. The maximum Gasteiger partial charge on any atom is 0.280 e. The third kappa shape index (κ3) is 4.74. The molecule has 3 N–H and O–H groups in total. The first kappa shape index (κ1) is 17.4. The number of carbonyl (C=O) groups is 1. The Kier molecular flexibility index (Phi) is 7.52. The molecule has 0 unspecified atom stereocenters. The van der Waals surface area contributed by atoms with E-state index in [-0.39, 0.29) is 6.04 Å². The first-order valence-electron chi connectivity index (χ1n) is 8.50. The van der Waals surface area contributed by atoms with Crippen molar-refractivity contribution in [3.63, 3.8) is 0 Å². The van der Waals surface area contributed by atoms with Crippen molar-refractivity contribution in [3.05, 3.63) is 0 Å². The van der Waals surface area contributed by atoms with Crippen LogP contribution in [0.1, 0.15) is 53.9 Å². The predicted octanol–water partition coefficient (Wildman–Crippen LogP) is -0.347. The molecule has 1 heterocycles. The van der Waals surface area contributed by atoms with Crippen LogP contribution in [0.25, 0.3) is 0 Å². The van der Waals surface area contributed by atoms with E-state index in [1.807, 2.05) is 0 Å². The number of hydrogen-bond acceptors (Lipinski definition) is 1. The Bertz CT molecular complexity index is 281. The minimum Gasteiger partial charge on any atom is -0.332 e. The van der Waals surface area contributed by atoms with Gasteiger partial charge in [-0.2, -0.15) is 0 Å². The standard InChI is InChI=1S/C16H33N3O/c1-6-18(7-2)12-11-17-15(5)16(20)19-13(3)9-8-10-14(19)4/h13-15,17H,6-12H2,1-5H3/p+2/t13-,14-,15+/m0/s1. The number of likely N-dealkylation sites (tertiary alicyclic amines) is 1. The lowest BCUT2D eigenvalue weighted by molar-refractivity contribution is -0.910. The minimum absolute atomic E-state index is 0.0629. The number of hydrogen-bond donors (Lipinski definition) is 2. The van der Waals surface area contributed by atoms with E-state index in [0.29, 0.717) is 18.0 Å². The van der Waals surface area contributed by atoms with E-state index >= 15 is 0 Å². The molecule has 20 heavy (non-hydrogen) atoms. The van der Waals surface area contributed by atoms with Gasteiger partial charge < -0.3 is 15.1 Å². The van der Waals surface area contributed by atoms with Crippen molar-refractivity contribution in [2.75, 3.05) is 26.2 Å². The predicted molar refractivity (Wildman–Crippen MR) is 82.8 cm³/mol. The summed E-state index contributed by atoms with van der Waals surface area (Å²) >= 11 is 0. The van der Waals surface area contributed by atoms with Gasteiger partial charge in [-0.1, -0.05) is 0 Å². The van der Waals surface area contributed by atoms with Gasteiger partial charge >= 0.3 is 0 Å². The van der Waals surface area contributed by atoms with Gasteiger partial charge in [0, 0.05) is 12.1 Å². The highest BCUT2D eigenvalue weighted by atomic mass is 16.2. The highest BCUT2D eigenvalue weighted by molar-refractivity contribution is 5.80. The number of piperidine rings is 1. The van der Waals surface area contributed by atoms with Crippen molar-refractivity contribution in [3.8, 4) is 0 Å². The van der Waals surface area contributed by atoms with Gasteiger partial charge in [0.15, 0.2) is 6.04 Å². The average Bonchev–Trinajstić information content (AvgIpc) is 2.43. The fraction of sp³-hybridized carbons (Fsp3) is 0.938. The summed E-state index contributed by atoms with van der Waals surface area (Å²) in [7, 11) is 0. The Morgan fingerprint density at radius 2 is 1.80 bits per heavy atom. The molecule has 0 aromatic carbocycles.